The van der Waals surface area contributed by atoms with E-state index in [1.54, 1.807) is 0 Å². The van der Waals surface area contributed by atoms with E-state index in [1.165, 1.54) is 57.8 Å². The molecule has 0 amide bonds. The first-order valence-corrected chi connectivity index (χ1v) is 8.21. The molecule has 1 N–H and O–H groups in total. The van der Waals surface area contributed by atoms with Gasteiger partial charge in [0.1, 0.15) is 5.15 Å². The molecule has 19 heavy (non-hydrogen) atoms. The van der Waals surface area contributed by atoms with Crippen molar-refractivity contribution in [3.05, 3.63) is 16.9 Å². The molecule has 2 nitrogen and oxygen atoms in total. The minimum absolute atomic E-state index is 0.187. The van der Waals surface area contributed by atoms with Crippen LogP contribution in [0.4, 0.5) is 0 Å². The molecule has 3 heteroatoms. The Hall–Kier alpha value is -0.500. The maximum atomic E-state index is 5.99. The third-order valence-electron chi connectivity index (χ3n) is 4.08. The number of nitrogens with zero attached hydrogens (tertiary/aromatic N) is 1. The second-order valence-corrected chi connectivity index (χ2v) is 6.34. The van der Waals surface area contributed by atoms with Crippen LogP contribution in [0, 0.1) is 0 Å². The second-order valence-electron chi connectivity index (χ2n) is 5.93. The van der Waals surface area contributed by atoms with Gasteiger partial charge in [-0.25, -0.2) is 0 Å². The molecule has 0 aliphatic rings. The molecule has 1 atom stereocenters. The molecule has 0 aromatic carbocycles. The van der Waals surface area contributed by atoms with Crippen molar-refractivity contribution in [2.45, 2.75) is 84.0 Å². The summed E-state index contributed by atoms with van der Waals surface area (Å²) in [5.41, 5.74) is 1.33. The van der Waals surface area contributed by atoms with Crippen LogP contribution in [0.5, 0.6) is 0 Å². The van der Waals surface area contributed by atoms with Crippen LogP contribution in [-0.4, -0.2) is 10.2 Å². The van der Waals surface area contributed by atoms with Crippen LogP contribution in [0.3, 0.4) is 0 Å². The first-order chi connectivity index (χ1) is 9.12. The number of halogens is 1. The van der Waals surface area contributed by atoms with Gasteiger partial charge in [0, 0.05) is 5.41 Å². The van der Waals surface area contributed by atoms with Crippen molar-refractivity contribution in [3.8, 4) is 0 Å². The zero-order valence-corrected chi connectivity index (χ0v) is 13.5. The normalized spacial score (nSPS) is 14.5. The van der Waals surface area contributed by atoms with Gasteiger partial charge in [0.25, 0.3) is 0 Å². The molecule has 110 valence electrons. The minimum Gasteiger partial charge on any atom is -0.267 e. The SMILES string of the molecule is CCCCCCC(C)(CCCCC)c1cc(Cl)[nH]n1. The van der Waals surface area contributed by atoms with Crippen molar-refractivity contribution < 1.29 is 0 Å². The van der Waals surface area contributed by atoms with E-state index in [4.69, 9.17) is 11.6 Å². The number of H-pyrrole nitrogens is 1. The number of nitrogens with one attached hydrogen (secondary N) is 1. The highest BCUT2D eigenvalue weighted by Crippen LogP contribution is 2.35. The zero-order valence-electron chi connectivity index (χ0n) is 12.8. The highest BCUT2D eigenvalue weighted by atomic mass is 35.5. The topological polar surface area (TPSA) is 28.7 Å². The lowest BCUT2D eigenvalue weighted by Crippen LogP contribution is -2.22. The van der Waals surface area contributed by atoms with Gasteiger partial charge in [-0.05, 0) is 18.9 Å². The molecule has 1 aromatic heterocycles. The Bertz CT molecular complexity index is 348. The van der Waals surface area contributed by atoms with Gasteiger partial charge in [-0.2, -0.15) is 5.10 Å². The summed E-state index contributed by atoms with van der Waals surface area (Å²) in [4.78, 5) is 0. The van der Waals surface area contributed by atoms with Gasteiger partial charge in [-0.15, -0.1) is 0 Å². The Morgan fingerprint density at radius 2 is 1.63 bits per heavy atom. The standard InChI is InChI=1S/C16H29ClN2/c1-4-6-8-10-12-16(3,11-9-7-5-2)14-13-15(17)19-18-14/h13H,4-12H2,1-3H3,(H,18,19). The number of aromatic amines is 1. The maximum absolute atomic E-state index is 5.99. The monoisotopic (exact) mass is 284 g/mol. The molecular weight excluding hydrogens is 256 g/mol. The summed E-state index contributed by atoms with van der Waals surface area (Å²) in [6, 6.07) is 2.01. The van der Waals surface area contributed by atoms with E-state index in [9.17, 15) is 0 Å². The van der Waals surface area contributed by atoms with Crippen molar-refractivity contribution in [3.63, 3.8) is 0 Å². The smallest absolute Gasteiger partial charge is 0.124 e. The molecule has 0 bridgehead atoms. The highest BCUT2D eigenvalue weighted by molar-refractivity contribution is 6.29. The van der Waals surface area contributed by atoms with Crippen molar-refractivity contribution in [2.24, 2.45) is 0 Å². The fourth-order valence-electron chi connectivity index (χ4n) is 2.70. The van der Waals surface area contributed by atoms with Crippen molar-refractivity contribution >= 4 is 11.6 Å². The van der Waals surface area contributed by atoms with Crippen molar-refractivity contribution in [2.75, 3.05) is 0 Å². The van der Waals surface area contributed by atoms with Gasteiger partial charge in [0.15, 0.2) is 0 Å². The Kier molecular flexibility index (Phi) is 7.52. The van der Waals surface area contributed by atoms with Crippen molar-refractivity contribution in [1.29, 1.82) is 0 Å². The molecule has 0 fully saturated rings. The molecule has 0 radical (unpaired) electrons. The number of unbranched alkanes of at least 4 members (excludes halogenated alkanes) is 5. The van der Waals surface area contributed by atoms with E-state index in [1.807, 2.05) is 6.07 Å². The summed E-state index contributed by atoms with van der Waals surface area (Å²) >= 11 is 5.99. The molecule has 1 heterocycles. The van der Waals surface area contributed by atoms with Gasteiger partial charge in [0.05, 0.1) is 5.69 Å². The van der Waals surface area contributed by atoms with Crippen LogP contribution in [0.25, 0.3) is 0 Å². The van der Waals surface area contributed by atoms with E-state index >= 15 is 0 Å². The first-order valence-electron chi connectivity index (χ1n) is 7.83. The molecule has 0 saturated carbocycles. The number of rotatable bonds is 10. The number of hydrogen-bond acceptors (Lipinski definition) is 1. The lowest BCUT2D eigenvalue weighted by atomic mass is 9.77. The summed E-state index contributed by atoms with van der Waals surface area (Å²) in [6.07, 6.45) is 11.6. The largest absolute Gasteiger partial charge is 0.267 e. The van der Waals surface area contributed by atoms with Gasteiger partial charge < -0.3 is 0 Å². The maximum Gasteiger partial charge on any atom is 0.124 e. The fourth-order valence-corrected chi connectivity index (χ4v) is 2.84. The Balaban J connectivity index is 2.60. The average Bonchev–Trinajstić information content (AvgIpc) is 2.82. The van der Waals surface area contributed by atoms with Gasteiger partial charge in [-0.1, -0.05) is 77.3 Å². The van der Waals surface area contributed by atoms with Crippen LogP contribution in [-0.2, 0) is 5.41 Å². The Morgan fingerprint density at radius 1 is 1.05 bits per heavy atom. The average molecular weight is 285 g/mol. The predicted octanol–water partition coefficient (Wildman–Crippen LogP) is 5.87. The lowest BCUT2D eigenvalue weighted by Gasteiger charge is -2.28. The Morgan fingerprint density at radius 3 is 2.16 bits per heavy atom. The molecule has 1 aromatic rings. The van der Waals surface area contributed by atoms with Crippen LogP contribution in [0.1, 0.15) is 84.3 Å². The molecule has 0 aliphatic heterocycles. The Labute approximate surface area is 123 Å². The lowest BCUT2D eigenvalue weighted by molar-refractivity contribution is 0.356. The molecule has 0 spiro atoms. The van der Waals surface area contributed by atoms with Crippen molar-refractivity contribution in [1.82, 2.24) is 10.2 Å². The second kappa shape index (κ2) is 8.63. The zero-order chi connectivity index (χ0) is 14.1. The molecule has 0 saturated heterocycles. The summed E-state index contributed by atoms with van der Waals surface area (Å²) in [6.45, 7) is 6.86. The summed E-state index contributed by atoms with van der Waals surface area (Å²) in [7, 11) is 0. The van der Waals surface area contributed by atoms with E-state index < -0.39 is 0 Å². The highest BCUT2D eigenvalue weighted by Gasteiger charge is 2.28. The van der Waals surface area contributed by atoms with Gasteiger partial charge >= 0.3 is 0 Å². The number of hydrogen-bond donors (Lipinski definition) is 1. The first kappa shape index (κ1) is 16.6. The van der Waals surface area contributed by atoms with Crippen LogP contribution >= 0.6 is 11.6 Å². The quantitative estimate of drug-likeness (QED) is 0.535. The van der Waals surface area contributed by atoms with Crippen LogP contribution in [0.15, 0.2) is 6.07 Å². The molecule has 1 rings (SSSR count). The third-order valence-corrected chi connectivity index (χ3v) is 4.27. The molecule has 0 aliphatic carbocycles. The fraction of sp³-hybridized carbons (Fsp3) is 0.812. The van der Waals surface area contributed by atoms with E-state index in [-0.39, 0.29) is 5.41 Å². The summed E-state index contributed by atoms with van der Waals surface area (Å²) in [5.74, 6) is 0. The predicted molar refractivity (Wildman–Crippen MR) is 83.9 cm³/mol. The van der Waals surface area contributed by atoms with E-state index in [0.717, 1.165) is 5.69 Å². The minimum atomic E-state index is 0.187. The molecular formula is C16H29ClN2. The third kappa shape index (κ3) is 5.56. The molecule has 1 unspecified atom stereocenters. The van der Waals surface area contributed by atoms with Gasteiger partial charge in [-0.3, -0.25) is 5.10 Å². The summed E-state index contributed by atoms with van der Waals surface area (Å²) < 4.78 is 0. The number of aromatic nitrogens is 2. The summed E-state index contributed by atoms with van der Waals surface area (Å²) in [5, 5.41) is 7.95. The van der Waals surface area contributed by atoms with Gasteiger partial charge in [0.2, 0.25) is 0 Å². The van der Waals surface area contributed by atoms with E-state index in [0.29, 0.717) is 5.15 Å². The van der Waals surface area contributed by atoms with Crippen LogP contribution < -0.4 is 0 Å². The van der Waals surface area contributed by atoms with E-state index in [2.05, 4.69) is 31.0 Å². The van der Waals surface area contributed by atoms with Crippen LogP contribution in [0.2, 0.25) is 5.15 Å².